The van der Waals surface area contributed by atoms with Crippen LogP contribution >= 0.6 is 23.4 Å². The Morgan fingerprint density at radius 3 is 2.45 bits per heavy atom. The summed E-state index contributed by atoms with van der Waals surface area (Å²) >= 11 is 8.11. The molecule has 0 spiro atoms. The Hall–Kier alpha value is -4.11. The first-order valence-electron chi connectivity index (χ1n) is 12.7. The number of aromatic nitrogens is 3. The molecule has 200 valence electrons. The molecule has 3 aromatic carbocycles. The average molecular weight is 569 g/mol. The quantitative estimate of drug-likeness (QED) is 0.219. The maximum absolute atomic E-state index is 12.9. The first kappa shape index (κ1) is 26.1. The van der Waals surface area contributed by atoms with Crippen LogP contribution in [0.15, 0.2) is 108 Å². The van der Waals surface area contributed by atoms with Crippen molar-refractivity contribution in [3.05, 3.63) is 125 Å². The largest absolute Gasteiger partial charge is 0.449 e. The predicted octanol–water partition coefficient (Wildman–Crippen LogP) is 6.60. The number of rotatable bonds is 8. The number of amides is 1. The number of fused-ring (bicyclic) bond motifs is 3. The molecule has 0 unspecified atom stereocenters. The second-order valence-electron chi connectivity index (χ2n) is 9.29. The van der Waals surface area contributed by atoms with E-state index < -0.39 is 6.09 Å². The van der Waals surface area contributed by atoms with E-state index in [0.29, 0.717) is 15.6 Å². The van der Waals surface area contributed by atoms with Crippen molar-refractivity contribution in [1.82, 2.24) is 19.9 Å². The minimum Gasteiger partial charge on any atom is -0.449 e. The third-order valence-corrected chi connectivity index (χ3v) is 8.55. The Labute approximate surface area is 240 Å². The van der Waals surface area contributed by atoms with E-state index in [9.17, 15) is 9.90 Å². The fourth-order valence-corrected chi connectivity index (χ4v) is 6.33. The number of halogens is 1. The van der Waals surface area contributed by atoms with Crippen molar-refractivity contribution in [2.45, 2.75) is 29.0 Å². The van der Waals surface area contributed by atoms with Gasteiger partial charge >= 0.3 is 6.09 Å². The van der Waals surface area contributed by atoms with Crippen LogP contribution in [0.2, 0.25) is 5.02 Å². The number of imidazole rings is 1. The van der Waals surface area contributed by atoms with Crippen molar-refractivity contribution in [3.63, 3.8) is 0 Å². The third-order valence-electron chi connectivity index (χ3n) is 6.89. The molecule has 7 nitrogen and oxygen atoms in total. The van der Waals surface area contributed by atoms with Gasteiger partial charge in [0.05, 0.1) is 18.0 Å². The summed E-state index contributed by atoms with van der Waals surface area (Å²) in [5, 5.41) is 13.8. The Balaban J connectivity index is 1.21. The molecule has 2 aromatic heterocycles. The second kappa shape index (κ2) is 11.6. The lowest BCUT2D eigenvalue weighted by atomic mass is 9.98. The van der Waals surface area contributed by atoms with Gasteiger partial charge in [-0.2, -0.15) is 0 Å². The number of pyridine rings is 1. The molecule has 40 heavy (non-hydrogen) atoms. The maximum atomic E-state index is 12.9. The highest BCUT2D eigenvalue weighted by molar-refractivity contribution is 7.99. The van der Waals surface area contributed by atoms with E-state index in [1.165, 1.54) is 22.9 Å². The van der Waals surface area contributed by atoms with Gasteiger partial charge in [0.2, 0.25) is 0 Å². The van der Waals surface area contributed by atoms with Crippen LogP contribution in [-0.4, -0.2) is 32.3 Å². The Kier molecular flexibility index (Phi) is 7.55. The highest BCUT2D eigenvalue weighted by Gasteiger charge is 2.29. The summed E-state index contributed by atoms with van der Waals surface area (Å²) in [5.41, 5.74) is 6.95. The summed E-state index contributed by atoms with van der Waals surface area (Å²) in [6.07, 6.45) is 6.35. The number of carbonyl (C=O) groups is 1. The number of carbonyl (C=O) groups excluding carboxylic acids is 1. The van der Waals surface area contributed by atoms with Crippen molar-refractivity contribution < 1.29 is 14.6 Å². The SMILES string of the molecule is O=C(NCc1cc(-n2ccnc2)cc(Cl)c1Sc1ncccc1CO)OCC1c2ccccc2-c2ccccc21. The molecule has 2 N–H and O–H groups in total. The number of alkyl carbamates (subject to hydrolysis) is 1. The smallest absolute Gasteiger partial charge is 0.407 e. The van der Waals surface area contributed by atoms with Crippen LogP contribution in [0.5, 0.6) is 0 Å². The van der Waals surface area contributed by atoms with E-state index in [2.05, 4.69) is 39.6 Å². The second-order valence-corrected chi connectivity index (χ2v) is 10.7. The van der Waals surface area contributed by atoms with E-state index in [4.69, 9.17) is 16.3 Å². The van der Waals surface area contributed by atoms with Crippen molar-refractivity contribution >= 4 is 29.5 Å². The molecule has 5 aromatic rings. The van der Waals surface area contributed by atoms with Crippen LogP contribution in [0.1, 0.15) is 28.2 Å². The van der Waals surface area contributed by atoms with Gasteiger partial charge in [0.15, 0.2) is 0 Å². The van der Waals surface area contributed by atoms with Crippen LogP contribution in [0.4, 0.5) is 4.79 Å². The minimum absolute atomic E-state index is 0.0238. The summed E-state index contributed by atoms with van der Waals surface area (Å²) in [7, 11) is 0. The molecule has 2 heterocycles. The van der Waals surface area contributed by atoms with Crippen LogP contribution in [0, 0.1) is 0 Å². The van der Waals surface area contributed by atoms with Crippen molar-refractivity contribution in [3.8, 4) is 16.8 Å². The molecular weight excluding hydrogens is 544 g/mol. The number of ether oxygens (including phenoxy) is 1. The fraction of sp³-hybridized carbons (Fsp3) is 0.129. The molecule has 6 rings (SSSR count). The van der Waals surface area contributed by atoms with Gasteiger partial charge in [-0.15, -0.1) is 0 Å². The van der Waals surface area contributed by atoms with Crippen molar-refractivity contribution in [2.75, 3.05) is 6.61 Å². The van der Waals surface area contributed by atoms with Gasteiger partial charge in [0.1, 0.15) is 11.6 Å². The molecule has 1 aliphatic carbocycles. The molecule has 0 atom stereocenters. The number of hydrogen-bond acceptors (Lipinski definition) is 6. The van der Waals surface area contributed by atoms with Crippen LogP contribution in [-0.2, 0) is 17.9 Å². The van der Waals surface area contributed by atoms with Gasteiger partial charge in [-0.3, -0.25) is 0 Å². The van der Waals surface area contributed by atoms with Gasteiger partial charge in [-0.05, 0) is 46.0 Å². The lowest BCUT2D eigenvalue weighted by Gasteiger charge is -2.17. The summed E-state index contributed by atoms with van der Waals surface area (Å²) < 4.78 is 7.58. The number of aliphatic hydroxyl groups excluding tert-OH is 1. The summed E-state index contributed by atoms with van der Waals surface area (Å²) in [6, 6.07) is 23.8. The average Bonchev–Trinajstić information content (AvgIpc) is 3.64. The van der Waals surface area contributed by atoms with Crippen LogP contribution in [0.3, 0.4) is 0 Å². The lowest BCUT2D eigenvalue weighted by molar-refractivity contribution is 0.142. The number of aliphatic hydroxyl groups is 1. The van der Waals surface area contributed by atoms with Crippen molar-refractivity contribution in [1.29, 1.82) is 0 Å². The zero-order valence-corrected chi connectivity index (χ0v) is 22.9. The van der Waals surface area contributed by atoms with Crippen LogP contribution in [0.25, 0.3) is 16.8 Å². The van der Waals surface area contributed by atoms with E-state index in [-0.39, 0.29) is 25.7 Å². The van der Waals surface area contributed by atoms with E-state index in [1.807, 2.05) is 53.2 Å². The number of hydrogen-bond donors (Lipinski definition) is 2. The summed E-state index contributed by atoms with van der Waals surface area (Å²) in [6.45, 7) is 0.266. The normalized spacial score (nSPS) is 12.2. The molecule has 0 fully saturated rings. The monoisotopic (exact) mass is 568 g/mol. The van der Waals surface area contributed by atoms with Crippen LogP contribution < -0.4 is 5.32 Å². The Morgan fingerprint density at radius 1 is 1.00 bits per heavy atom. The predicted molar refractivity (Wildman–Crippen MR) is 155 cm³/mol. The number of nitrogens with zero attached hydrogens (tertiary/aromatic N) is 3. The molecule has 1 aliphatic rings. The van der Waals surface area contributed by atoms with Gasteiger partial charge < -0.3 is 19.7 Å². The molecule has 0 saturated heterocycles. The van der Waals surface area contributed by atoms with Gasteiger partial charge in [0.25, 0.3) is 0 Å². The zero-order valence-electron chi connectivity index (χ0n) is 21.3. The van der Waals surface area contributed by atoms with Crippen molar-refractivity contribution in [2.24, 2.45) is 0 Å². The molecule has 0 bridgehead atoms. The van der Waals surface area contributed by atoms with E-state index in [0.717, 1.165) is 27.3 Å². The summed E-state index contributed by atoms with van der Waals surface area (Å²) in [4.78, 5) is 22.2. The van der Waals surface area contributed by atoms with E-state index in [1.54, 1.807) is 24.8 Å². The maximum Gasteiger partial charge on any atom is 0.407 e. The molecule has 0 aliphatic heterocycles. The highest BCUT2D eigenvalue weighted by Crippen LogP contribution is 2.44. The molecule has 0 saturated carbocycles. The number of nitrogens with one attached hydrogen (secondary N) is 1. The molecule has 9 heteroatoms. The van der Waals surface area contributed by atoms with Gasteiger partial charge in [0, 0.05) is 47.2 Å². The Morgan fingerprint density at radius 2 is 1.75 bits per heavy atom. The molecule has 1 amide bonds. The highest BCUT2D eigenvalue weighted by atomic mass is 35.5. The zero-order chi connectivity index (χ0) is 27.5. The summed E-state index contributed by atoms with van der Waals surface area (Å²) in [5.74, 6) is -0.0238. The lowest BCUT2D eigenvalue weighted by Crippen LogP contribution is -2.26. The Bertz CT molecular complexity index is 1630. The first-order chi connectivity index (χ1) is 19.6. The van der Waals surface area contributed by atoms with E-state index >= 15 is 0 Å². The minimum atomic E-state index is -0.518. The number of benzene rings is 3. The fourth-order valence-electron chi connectivity index (χ4n) is 4.99. The first-order valence-corrected chi connectivity index (χ1v) is 13.9. The van der Waals surface area contributed by atoms with Gasteiger partial charge in [-0.25, -0.2) is 14.8 Å². The standard InChI is InChI=1S/C31H25ClN4O3S/c32-28-15-22(36-13-12-33-19-36)14-21(29(28)40-30-20(17-37)6-5-11-34-30)16-35-31(38)39-18-27-25-9-3-1-7-23(25)24-8-2-4-10-26(24)27/h1-15,19,27,37H,16-18H2,(H,35,38). The molecule has 0 radical (unpaired) electrons. The topological polar surface area (TPSA) is 89.3 Å². The molecular formula is C31H25ClN4O3S. The van der Waals surface area contributed by atoms with Gasteiger partial charge in [-0.1, -0.05) is 78.0 Å². The third kappa shape index (κ3) is 5.21.